The number of benzene rings is 1. The van der Waals surface area contributed by atoms with Gasteiger partial charge in [-0.15, -0.1) is 0 Å². The number of halogens is 4. The Morgan fingerprint density at radius 3 is 2.30 bits per heavy atom. The van der Waals surface area contributed by atoms with E-state index < -0.39 is 25.7 Å². The summed E-state index contributed by atoms with van der Waals surface area (Å²) >= 11 is 3.20. The van der Waals surface area contributed by atoms with Crippen molar-refractivity contribution in [2.45, 2.75) is 51.1 Å². The number of aliphatic hydroxyl groups is 1. The highest BCUT2D eigenvalue weighted by Crippen LogP contribution is 2.44. The molecule has 0 fully saturated rings. The first kappa shape index (κ1) is 22.1. The Bertz CT molecular complexity index is 772. The monoisotopic (exact) mass is 464 g/mol. The van der Waals surface area contributed by atoms with Crippen LogP contribution in [0.2, 0.25) is 25.7 Å². The Kier molecular flexibility index (Phi) is 6.61. The van der Waals surface area contributed by atoms with Crippen LogP contribution in [0.1, 0.15) is 17.1 Å². The summed E-state index contributed by atoms with van der Waals surface area (Å²) in [6.07, 6.45) is -3.64. The number of alkyl halides is 3. The molecule has 9 heteroatoms. The van der Waals surface area contributed by atoms with Gasteiger partial charge < -0.3 is 14.4 Å². The molecule has 150 valence electrons. The standard InChI is InChI=1S/C18H24BrF3N2O2Si/c1-13-11-23-16(24(13)12-26-9-10-27(2,3)4)17(25,18(20,21)22)14-5-7-15(19)8-6-14/h5-8,11,25H,9-10,12H2,1-4H3. The van der Waals surface area contributed by atoms with Gasteiger partial charge in [-0.3, -0.25) is 0 Å². The molecule has 4 nitrogen and oxygen atoms in total. The highest BCUT2D eigenvalue weighted by molar-refractivity contribution is 9.10. The molecule has 1 heterocycles. The van der Waals surface area contributed by atoms with Gasteiger partial charge in [0.2, 0.25) is 5.60 Å². The van der Waals surface area contributed by atoms with E-state index in [0.29, 0.717) is 16.8 Å². The van der Waals surface area contributed by atoms with Gasteiger partial charge in [-0.1, -0.05) is 47.7 Å². The summed E-state index contributed by atoms with van der Waals surface area (Å²) in [4.78, 5) is 3.89. The fourth-order valence-corrected chi connectivity index (χ4v) is 3.58. The van der Waals surface area contributed by atoms with Crippen molar-refractivity contribution in [2.75, 3.05) is 6.61 Å². The first-order valence-electron chi connectivity index (χ1n) is 8.52. The molecule has 0 amide bonds. The van der Waals surface area contributed by atoms with Crippen molar-refractivity contribution in [1.29, 1.82) is 0 Å². The molecule has 27 heavy (non-hydrogen) atoms. The van der Waals surface area contributed by atoms with Crippen molar-refractivity contribution >= 4 is 24.0 Å². The molecule has 0 saturated heterocycles. The summed E-state index contributed by atoms with van der Waals surface area (Å²) in [6, 6.07) is 6.27. The fraction of sp³-hybridized carbons (Fsp3) is 0.500. The topological polar surface area (TPSA) is 47.3 Å². The van der Waals surface area contributed by atoms with Crippen LogP contribution < -0.4 is 0 Å². The van der Waals surface area contributed by atoms with Gasteiger partial charge in [0.15, 0.2) is 5.82 Å². The number of nitrogens with zero attached hydrogens (tertiary/aromatic N) is 2. The van der Waals surface area contributed by atoms with Crippen LogP contribution in [-0.4, -0.2) is 35.5 Å². The second kappa shape index (κ2) is 8.06. The number of hydrogen-bond acceptors (Lipinski definition) is 3. The lowest BCUT2D eigenvalue weighted by Crippen LogP contribution is -2.45. The lowest BCUT2D eigenvalue weighted by Gasteiger charge is -2.31. The van der Waals surface area contributed by atoms with Gasteiger partial charge in [-0.2, -0.15) is 13.2 Å². The molecule has 0 bridgehead atoms. The summed E-state index contributed by atoms with van der Waals surface area (Å²) in [5.41, 5.74) is -3.05. The second-order valence-electron chi connectivity index (χ2n) is 7.71. The first-order chi connectivity index (χ1) is 12.4. The van der Waals surface area contributed by atoms with Crippen molar-refractivity contribution in [3.05, 3.63) is 52.0 Å². The van der Waals surface area contributed by atoms with Gasteiger partial charge in [0, 0.05) is 36.6 Å². The van der Waals surface area contributed by atoms with Gasteiger partial charge in [0.25, 0.3) is 0 Å². The molecule has 0 aliphatic heterocycles. The molecule has 1 atom stereocenters. The van der Waals surface area contributed by atoms with E-state index >= 15 is 0 Å². The van der Waals surface area contributed by atoms with Crippen molar-refractivity contribution in [1.82, 2.24) is 9.55 Å². The number of imidazole rings is 1. The van der Waals surface area contributed by atoms with E-state index in [1.807, 2.05) is 0 Å². The zero-order valence-electron chi connectivity index (χ0n) is 15.8. The van der Waals surface area contributed by atoms with Gasteiger partial charge >= 0.3 is 6.18 Å². The van der Waals surface area contributed by atoms with Crippen molar-refractivity contribution in [3.63, 3.8) is 0 Å². The molecule has 2 rings (SSSR count). The van der Waals surface area contributed by atoms with Gasteiger partial charge in [0.05, 0.1) is 0 Å². The number of hydrogen-bond donors (Lipinski definition) is 1. The average Bonchev–Trinajstić information content (AvgIpc) is 2.91. The molecule has 1 aromatic carbocycles. The molecule has 0 aliphatic carbocycles. The molecule has 0 radical (unpaired) electrons. The number of aryl methyl sites for hydroxylation is 1. The predicted molar refractivity (Wildman–Crippen MR) is 104 cm³/mol. The Hall–Kier alpha value is -1.16. The van der Waals surface area contributed by atoms with E-state index in [4.69, 9.17) is 4.74 Å². The van der Waals surface area contributed by atoms with Crippen molar-refractivity contribution in [2.24, 2.45) is 0 Å². The SMILES string of the molecule is Cc1cnc(C(O)(c2ccc(Br)cc2)C(F)(F)F)n1COCC[Si](C)(C)C. The van der Waals surface area contributed by atoms with Gasteiger partial charge in [-0.05, 0) is 25.1 Å². The van der Waals surface area contributed by atoms with E-state index in [-0.39, 0.29) is 12.3 Å². The maximum Gasteiger partial charge on any atom is 0.428 e. The molecule has 1 N–H and O–H groups in total. The van der Waals surface area contributed by atoms with Crippen LogP contribution in [-0.2, 0) is 17.1 Å². The van der Waals surface area contributed by atoms with Gasteiger partial charge in [0.1, 0.15) is 6.73 Å². The second-order valence-corrected chi connectivity index (χ2v) is 14.3. The maximum atomic E-state index is 14.0. The molecule has 1 unspecified atom stereocenters. The van der Waals surface area contributed by atoms with E-state index in [2.05, 4.69) is 40.6 Å². The minimum absolute atomic E-state index is 0.0967. The normalized spacial score (nSPS) is 15.0. The van der Waals surface area contributed by atoms with Crippen LogP contribution in [0.25, 0.3) is 0 Å². The quantitative estimate of drug-likeness (QED) is 0.459. The molecule has 2 aromatic rings. The lowest BCUT2D eigenvalue weighted by atomic mass is 9.92. The Labute approximate surface area is 166 Å². The highest BCUT2D eigenvalue weighted by atomic mass is 79.9. The summed E-state index contributed by atoms with van der Waals surface area (Å²) < 4.78 is 49.4. The average molecular weight is 465 g/mol. The summed E-state index contributed by atoms with van der Waals surface area (Å²) in [5.74, 6) is -0.497. The summed E-state index contributed by atoms with van der Waals surface area (Å²) in [6.45, 7) is 8.58. The van der Waals surface area contributed by atoms with Crippen molar-refractivity contribution < 1.29 is 23.0 Å². The lowest BCUT2D eigenvalue weighted by molar-refractivity contribution is -0.252. The van der Waals surface area contributed by atoms with E-state index in [1.54, 1.807) is 6.92 Å². The van der Waals surface area contributed by atoms with Crippen molar-refractivity contribution in [3.8, 4) is 0 Å². The number of ether oxygens (including phenoxy) is 1. The molecule has 1 aromatic heterocycles. The fourth-order valence-electron chi connectivity index (χ4n) is 2.56. The van der Waals surface area contributed by atoms with Crippen LogP contribution in [0.5, 0.6) is 0 Å². The third kappa shape index (κ3) is 5.01. The summed E-state index contributed by atoms with van der Waals surface area (Å²) in [5, 5.41) is 10.8. The molecule has 0 spiro atoms. The third-order valence-corrected chi connectivity index (χ3v) is 6.50. The smallest absolute Gasteiger partial charge is 0.370 e. The van der Waals surface area contributed by atoms with E-state index in [0.717, 1.165) is 6.04 Å². The van der Waals surface area contributed by atoms with Crippen LogP contribution in [0, 0.1) is 6.92 Å². The summed E-state index contributed by atoms with van der Waals surface area (Å²) in [7, 11) is -1.31. The third-order valence-electron chi connectivity index (χ3n) is 4.27. The molecular weight excluding hydrogens is 441 g/mol. The highest BCUT2D eigenvalue weighted by Gasteiger charge is 2.59. The Balaban J connectivity index is 2.39. The van der Waals surface area contributed by atoms with Crippen LogP contribution >= 0.6 is 15.9 Å². The number of rotatable bonds is 7. The van der Waals surface area contributed by atoms with E-state index in [9.17, 15) is 18.3 Å². The van der Waals surface area contributed by atoms with Crippen LogP contribution in [0.15, 0.2) is 34.9 Å². The Morgan fingerprint density at radius 1 is 1.19 bits per heavy atom. The largest absolute Gasteiger partial charge is 0.428 e. The predicted octanol–water partition coefficient (Wildman–Crippen LogP) is 5.06. The van der Waals surface area contributed by atoms with Crippen LogP contribution in [0.3, 0.4) is 0 Å². The molecular formula is C18H24BrF3N2O2Si. The minimum atomic E-state index is -4.95. The molecule has 0 saturated carbocycles. The minimum Gasteiger partial charge on any atom is -0.370 e. The van der Waals surface area contributed by atoms with Crippen LogP contribution in [0.4, 0.5) is 13.2 Å². The molecule has 0 aliphatic rings. The number of aromatic nitrogens is 2. The first-order valence-corrected chi connectivity index (χ1v) is 13.0. The maximum absolute atomic E-state index is 14.0. The van der Waals surface area contributed by atoms with Gasteiger partial charge in [-0.25, -0.2) is 4.98 Å². The Morgan fingerprint density at radius 2 is 1.78 bits per heavy atom. The van der Waals surface area contributed by atoms with E-state index in [1.165, 1.54) is 35.0 Å². The zero-order valence-corrected chi connectivity index (χ0v) is 18.4. The zero-order chi connectivity index (χ0) is 20.5.